The fourth-order valence-corrected chi connectivity index (χ4v) is 9.84. The molecule has 9 rings (SSSR count). The lowest BCUT2D eigenvalue weighted by Gasteiger charge is -2.41. The maximum Gasteiger partial charge on any atom is 0.407 e. The molecule has 59 heavy (non-hydrogen) atoms. The molecule has 3 saturated heterocycles. The average Bonchev–Trinajstić information content (AvgIpc) is 4.05. The van der Waals surface area contributed by atoms with Crippen LogP contribution in [0.4, 0.5) is 9.59 Å². The number of hydrogen-bond acceptors (Lipinski definition) is 9. The van der Waals surface area contributed by atoms with Crippen LogP contribution in [-0.2, 0) is 25.7 Å². The molecule has 6 heterocycles. The van der Waals surface area contributed by atoms with E-state index in [1.807, 2.05) is 49.8 Å². The Labute approximate surface area is 341 Å². The molecule has 0 radical (unpaired) electrons. The first-order chi connectivity index (χ1) is 28.4. The number of carbonyl (C=O) groups is 4. The van der Waals surface area contributed by atoms with Crippen molar-refractivity contribution in [2.45, 2.75) is 103 Å². The zero-order chi connectivity index (χ0) is 41.3. The number of carbonyl (C=O) groups excluding carboxylic acids is 4. The van der Waals surface area contributed by atoms with Crippen molar-refractivity contribution in [3.8, 4) is 28.1 Å². The second-order valence-electron chi connectivity index (χ2n) is 16.9. The zero-order valence-corrected chi connectivity index (χ0v) is 34.1. The summed E-state index contributed by atoms with van der Waals surface area (Å²) in [6.45, 7) is 8.23. The van der Waals surface area contributed by atoms with E-state index in [-0.39, 0.29) is 47.8 Å². The van der Waals surface area contributed by atoms with Gasteiger partial charge in [-0.2, -0.15) is 0 Å². The molecule has 3 fully saturated rings. The summed E-state index contributed by atoms with van der Waals surface area (Å²) in [6.07, 6.45) is 4.62. The molecule has 15 heteroatoms. The summed E-state index contributed by atoms with van der Waals surface area (Å²) in [5, 5.41) is 7.46. The number of alkyl carbamates (subject to hydrolysis) is 2. The summed E-state index contributed by atoms with van der Waals surface area (Å²) < 4.78 is 16.0. The summed E-state index contributed by atoms with van der Waals surface area (Å²) in [6, 6.07) is 12.9. The predicted molar refractivity (Wildman–Crippen MR) is 219 cm³/mol. The maximum atomic E-state index is 13.9. The van der Waals surface area contributed by atoms with Crippen LogP contribution in [0.5, 0.6) is 5.75 Å². The number of amides is 4. The first-order valence-electron chi connectivity index (χ1n) is 20.5. The Morgan fingerprint density at radius 3 is 2.49 bits per heavy atom. The number of H-pyrrole nitrogens is 2. The monoisotopic (exact) mass is 802 g/mol. The smallest absolute Gasteiger partial charge is 0.407 e. The summed E-state index contributed by atoms with van der Waals surface area (Å²) in [5.74, 6) is 1.85. The number of piperidine rings is 1. The molecule has 4 aliphatic heterocycles. The molecule has 15 nitrogen and oxygen atoms in total. The number of benzene rings is 3. The number of aromatic nitrogens is 4. The highest BCUT2D eigenvalue weighted by Crippen LogP contribution is 2.45. The van der Waals surface area contributed by atoms with Crippen molar-refractivity contribution >= 4 is 45.8 Å². The Morgan fingerprint density at radius 1 is 0.915 bits per heavy atom. The molecule has 308 valence electrons. The summed E-state index contributed by atoms with van der Waals surface area (Å²) in [7, 11) is 2.60. The van der Waals surface area contributed by atoms with Crippen LogP contribution in [-0.4, -0.2) is 92.1 Å². The molecule has 0 unspecified atom stereocenters. The lowest BCUT2D eigenvalue weighted by molar-refractivity contribution is -0.142. The Kier molecular flexibility index (Phi) is 9.71. The first-order valence-corrected chi connectivity index (χ1v) is 20.5. The van der Waals surface area contributed by atoms with Gasteiger partial charge in [-0.15, -0.1) is 0 Å². The van der Waals surface area contributed by atoms with Gasteiger partial charge >= 0.3 is 12.2 Å². The number of nitrogens with one attached hydrogen (secondary N) is 4. The van der Waals surface area contributed by atoms with Crippen molar-refractivity contribution in [1.29, 1.82) is 0 Å². The molecule has 5 aromatic rings. The van der Waals surface area contributed by atoms with Crippen LogP contribution in [0.15, 0.2) is 48.7 Å². The normalized spacial score (nSPS) is 24.1. The zero-order valence-electron chi connectivity index (χ0n) is 34.1. The van der Waals surface area contributed by atoms with Crippen LogP contribution in [0.3, 0.4) is 0 Å². The number of rotatable bonds is 7. The molecular weight excluding hydrogens is 753 g/mol. The van der Waals surface area contributed by atoms with Gasteiger partial charge in [0, 0.05) is 23.0 Å². The van der Waals surface area contributed by atoms with Gasteiger partial charge in [0.05, 0.1) is 49.2 Å². The SMILES string of the molecule is COC(=O)N[C@H](C(=O)N1[C@@H](C)CC[C@H]1c1ncc(-c2ccc3c(c2)COc2cc4c(ccc5[nH]c([C@@H]6CC[C@@H]7C[C@H](C)[C@H](NC(=O)OC)C(=O)N76)nc54)cc2-3)[nH]1)C(C)C. The number of hydrogen-bond donors (Lipinski definition) is 4. The summed E-state index contributed by atoms with van der Waals surface area (Å²) >= 11 is 0. The third-order valence-corrected chi connectivity index (χ3v) is 12.9. The molecule has 4 aliphatic rings. The van der Waals surface area contributed by atoms with E-state index in [1.165, 1.54) is 14.2 Å². The second-order valence-corrected chi connectivity index (χ2v) is 16.9. The lowest BCUT2D eigenvalue weighted by Crippen LogP contribution is -2.58. The minimum atomic E-state index is -0.716. The molecule has 3 aromatic carbocycles. The van der Waals surface area contributed by atoms with Crippen molar-refractivity contribution in [2.75, 3.05) is 14.2 Å². The van der Waals surface area contributed by atoms with E-state index in [9.17, 15) is 19.2 Å². The number of imidazole rings is 2. The van der Waals surface area contributed by atoms with Gasteiger partial charge in [-0.1, -0.05) is 39.0 Å². The molecule has 0 bridgehead atoms. The highest BCUT2D eigenvalue weighted by Gasteiger charge is 2.48. The molecule has 0 saturated carbocycles. The maximum absolute atomic E-state index is 13.9. The van der Waals surface area contributed by atoms with Crippen molar-refractivity contribution in [2.24, 2.45) is 11.8 Å². The van der Waals surface area contributed by atoms with Crippen molar-refractivity contribution < 1.29 is 33.4 Å². The average molecular weight is 803 g/mol. The highest BCUT2D eigenvalue weighted by atomic mass is 16.5. The standard InChI is InChI=1S/C44H50N8O7/c1-21(2)36(49-43(55)57-5)41(53)51-23(4)7-13-33(51)39-45-19-32(47-39)25-8-11-28-26(16-25)20-59-35-18-29-24(17-30(28)35)9-12-31-38(29)48-40(46-31)34-14-10-27-15-22(3)37(42(54)52(27)34)50-44(56)58-6/h8-9,11-12,16-19,21-23,27,33-34,36-37H,7,10,13-15,20H2,1-6H3,(H,45,47)(H,46,48)(H,49,55)(H,50,56)/t22-,23-,27+,33-,34-,36-,37-/m0/s1. The number of likely N-dealkylation sites (tertiary alicyclic amines) is 1. The highest BCUT2D eigenvalue weighted by molar-refractivity contribution is 6.07. The van der Waals surface area contributed by atoms with Gasteiger partial charge in [0.2, 0.25) is 11.8 Å². The molecule has 4 N–H and O–H groups in total. The van der Waals surface area contributed by atoms with E-state index in [0.717, 1.165) is 93.4 Å². The van der Waals surface area contributed by atoms with E-state index < -0.39 is 24.3 Å². The summed E-state index contributed by atoms with van der Waals surface area (Å²) in [5.41, 5.74) is 6.63. The fourth-order valence-electron chi connectivity index (χ4n) is 9.84. The van der Waals surface area contributed by atoms with Gasteiger partial charge < -0.3 is 44.6 Å². The van der Waals surface area contributed by atoms with Gasteiger partial charge in [-0.25, -0.2) is 19.6 Å². The topological polar surface area (TPSA) is 184 Å². The van der Waals surface area contributed by atoms with Crippen molar-refractivity contribution in [1.82, 2.24) is 40.4 Å². The number of ether oxygens (including phenoxy) is 3. The number of nitrogens with zero attached hydrogens (tertiary/aromatic N) is 4. The van der Waals surface area contributed by atoms with E-state index >= 15 is 0 Å². The van der Waals surface area contributed by atoms with Gasteiger partial charge in [0.15, 0.2) is 0 Å². The van der Waals surface area contributed by atoms with Gasteiger partial charge in [0.1, 0.15) is 36.1 Å². The van der Waals surface area contributed by atoms with Gasteiger partial charge in [-0.05, 0) is 97.2 Å². The first kappa shape index (κ1) is 38.4. The Hall–Kier alpha value is -6.12. The Morgan fingerprint density at radius 2 is 1.71 bits per heavy atom. The minimum absolute atomic E-state index is 0.000864. The van der Waals surface area contributed by atoms with E-state index in [0.29, 0.717) is 12.4 Å². The lowest BCUT2D eigenvalue weighted by atomic mass is 9.88. The van der Waals surface area contributed by atoms with Crippen LogP contribution in [0.1, 0.15) is 89.1 Å². The van der Waals surface area contributed by atoms with Gasteiger partial charge in [0.25, 0.3) is 0 Å². The van der Waals surface area contributed by atoms with Crippen molar-refractivity contribution in [3.63, 3.8) is 0 Å². The second kappa shape index (κ2) is 14.9. The van der Waals surface area contributed by atoms with E-state index in [4.69, 9.17) is 24.2 Å². The molecule has 4 amide bonds. The minimum Gasteiger partial charge on any atom is -0.488 e. The van der Waals surface area contributed by atoms with Crippen LogP contribution in [0, 0.1) is 11.8 Å². The molecule has 0 aliphatic carbocycles. The van der Waals surface area contributed by atoms with Crippen LogP contribution in [0.25, 0.3) is 44.2 Å². The van der Waals surface area contributed by atoms with Crippen LogP contribution >= 0.6 is 0 Å². The van der Waals surface area contributed by atoms with Crippen LogP contribution < -0.4 is 15.4 Å². The Balaban J connectivity index is 0.966. The predicted octanol–water partition coefficient (Wildman–Crippen LogP) is 6.89. The van der Waals surface area contributed by atoms with Gasteiger partial charge in [-0.3, -0.25) is 9.59 Å². The number of fused-ring (bicyclic) bond motifs is 7. The summed E-state index contributed by atoms with van der Waals surface area (Å²) in [4.78, 5) is 72.5. The number of aromatic amines is 2. The quantitative estimate of drug-likeness (QED) is 0.136. The third-order valence-electron chi connectivity index (χ3n) is 12.9. The van der Waals surface area contributed by atoms with Crippen LogP contribution in [0.2, 0.25) is 0 Å². The third kappa shape index (κ3) is 6.60. The molecular formula is C44H50N8O7. The molecule has 0 spiro atoms. The van der Waals surface area contributed by atoms with Crippen molar-refractivity contribution in [3.05, 3.63) is 65.9 Å². The Bertz CT molecular complexity index is 2490. The fraction of sp³-hybridized carbons (Fsp3) is 0.455. The molecule has 2 aromatic heterocycles. The van der Waals surface area contributed by atoms with E-state index in [1.54, 1.807) is 0 Å². The molecule has 7 atom stereocenters. The largest absolute Gasteiger partial charge is 0.488 e. The van der Waals surface area contributed by atoms with E-state index in [2.05, 4.69) is 57.0 Å². The number of methoxy groups -OCH3 is 2.